The van der Waals surface area contributed by atoms with Gasteiger partial charge in [-0.2, -0.15) is 0 Å². The van der Waals surface area contributed by atoms with E-state index in [9.17, 15) is 14.7 Å². The van der Waals surface area contributed by atoms with E-state index in [2.05, 4.69) is 5.32 Å². The largest absolute Gasteiger partial charge is 0.506 e. The smallest absolute Gasteiger partial charge is 0.308 e. The highest BCUT2D eigenvalue weighted by atomic mass is 35.5. The molecule has 92 valence electrons. The van der Waals surface area contributed by atoms with E-state index < -0.39 is 17.8 Å². The SMILES string of the molecule is CC(CNC(=O)c1ccc(O)c(Cl)c1)C(=O)O. The lowest BCUT2D eigenvalue weighted by atomic mass is 10.1. The molecule has 0 spiro atoms. The highest BCUT2D eigenvalue weighted by Crippen LogP contribution is 2.23. The molecule has 0 aliphatic heterocycles. The fourth-order valence-electron chi connectivity index (χ4n) is 1.08. The van der Waals surface area contributed by atoms with Gasteiger partial charge in [-0.1, -0.05) is 18.5 Å². The maximum Gasteiger partial charge on any atom is 0.308 e. The summed E-state index contributed by atoms with van der Waals surface area (Å²) < 4.78 is 0. The molecule has 0 heterocycles. The fraction of sp³-hybridized carbons (Fsp3) is 0.273. The summed E-state index contributed by atoms with van der Waals surface area (Å²) in [6, 6.07) is 4.03. The van der Waals surface area contributed by atoms with Crippen molar-refractivity contribution in [1.29, 1.82) is 0 Å². The first kappa shape index (κ1) is 13.3. The zero-order chi connectivity index (χ0) is 13.0. The maximum absolute atomic E-state index is 11.6. The average Bonchev–Trinajstić information content (AvgIpc) is 2.28. The van der Waals surface area contributed by atoms with E-state index >= 15 is 0 Å². The molecule has 0 fully saturated rings. The molecular formula is C11H12ClNO4. The van der Waals surface area contributed by atoms with Gasteiger partial charge in [-0.25, -0.2) is 0 Å². The Morgan fingerprint density at radius 2 is 2.12 bits per heavy atom. The number of phenols is 1. The van der Waals surface area contributed by atoms with Crippen LogP contribution in [0, 0.1) is 5.92 Å². The van der Waals surface area contributed by atoms with Crippen LogP contribution in [-0.2, 0) is 4.79 Å². The summed E-state index contributed by atoms with van der Waals surface area (Å²) in [5.74, 6) is -2.18. The van der Waals surface area contributed by atoms with Crippen molar-refractivity contribution in [2.24, 2.45) is 5.92 Å². The Morgan fingerprint density at radius 3 is 2.65 bits per heavy atom. The summed E-state index contributed by atoms with van der Waals surface area (Å²) in [5.41, 5.74) is 0.269. The van der Waals surface area contributed by atoms with Crippen LogP contribution >= 0.6 is 11.6 Å². The number of amides is 1. The highest BCUT2D eigenvalue weighted by Gasteiger charge is 2.13. The van der Waals surface area contributed by atoms with Crippen molar-refractivity contribution >= 4 is 23.5 Å². The summed E-state index contributed by atoms with van der Waals surface area (Å²) in [5, 5.41) is 20.4. The van der Waals surface area contributed by atoms with E-state index in [1.807, 2.05) is 0 Å². The zero-order valence-corrected chi connectivity index (χ0v) is 9.86. The lowest BCUT2D eigenvalue weighted by Gasteiger charge is -2.08. The van der Waals surface area contributed by atoms with E-state index in [0.29, 0.717) is 0 Å². The van der Waals surface area contributed by atoms with E-state index in [-0.39, 0.29) is 22.9 Å². The average molecular weight is 258 g/mol. The third kappa shape index (κ3) is 3.64. The van der Waals surface area contributed by atoms with Crippen LogP contribution in [0.25, 0.3) is 0 Å². The number of carbonyl (C=O) groups is 2. The second-order valence-electron chi connectivity index (χ2n) is 3.62. The molecule has 5 nitrogen and oxygen atoms in total. The van der Waals surface area contributed by atoms with Gasteiger partial charge in [0.1, 0.15) is 5.75 Å². The monoisotopic (exact) mass is 257 g/mol. The molecule has 0 saturated heterocycles. The van der Waals surface area contributed by atoms with Crippen molar-refractivity contribution in [2.75, 3.05) is 6.54 Å². The predicted molar refractivity (Wildman–Crippen MR) is 62.2 cm³/mol. The van der Waals surface area contributed by atoms with Crippen LogP contribution in [0.1, 0.15) is 17.3 Å². The van der Waals surface area contributed by atoms with Gasteiger partial charge in [-0.15, -0.1) is 0 Å². The number of hydrogen-bond acceptors (Lipinski definition) is 3. The third-order valence-electron chi connectivity index (χ3n) is 2.20. The van der Waals surface area contributed by atoms with Crippen molar-refractivity contribution < 1.29 is 19.8 Å². The molecule has 1 aromatic carbocycles. The maximum atomic E-state index is 11.6. The van der Waals surface area contributed by atoms with Gasteiger partial charge in [-0.05, 0) is 18.2 Å². The molecular weight excluding hydrogens is 246 g/mol. The number of carboxylic acids is 1. The van der Waals surface area contributed by atoms with Gasteiger partial charge < -0.3 is 15.5 Å². The summed E-state index contributed by atoms with van der Waals surface area (Å²) in [6.07, 6.45) is 0. The highest BCUT2D eigenvalue weighted by molar-refractivity contribution is 6.32. The Bertz CT molecular complexity index is 447. The first-order valence-electron chi connectivity index (χ1n) is 4.91. The number of hydrogen-bond donors (Lipinski definition) is 3. The number of carboxylic acid groups (broad SMARTS) is 1. The fourth-order valence-corrected chi connectivity index (χ4v) is 1.26. The van der Waals surface area contributed by atoms with Crippen LogP contribution in [0.4, 0.5) is 0 Å². The molecule has 0 aliphatic carbocycles. The molecule has 0 aromatic heterocycles. The van der Waals surface area contributed by atoms with E-state index in [1.54, 1.807) is 0 Å². The molecule has 1 atom stereocenters. The Morgan fingerprint density at radius 1 is 1.47 bits per heavy atom. The van der Waals surface area contributed by atoms with Crippen LogP contribution in [0.15, 0.2) is 18.2 Å². The standard InChI is InChI=1S/C11H12ClNO4/c1-6(11(16)17)5-13-10(15)7-2-3-9(14)8(12)4-7/h2-4,6,14H,5H2,1H3,(H,13,15)(H,16,17). The molecule has 3 N–H and O–H groups in total. The molecule has 1 amide bonds. The second kappa shape index (κ2) is 5.54. The lowest BCUT2D eigenvalue weighted by Crippen LogP contribution is -2.31. The van der Waals surface area contributed by atoms with Crippen molar-refractivity contribution in [3.63, 3.8) is 0 Å². The van der Waals surface area contributed by atoms with Gasteiger partial charge in [0, 0.05) is 12.1 Å². The van der Waals surface area contributed by atoms with Crippen LogP contribution < -0.4 is 5.32 Å². The number of aromatic hydroxyl groups is 1. The topological polar surface area (TPSA) is 86.6 Å². The minimum Gasteiger partial charge on any atom is -0.506 e. The molecule has 6 heteroatoms. The van der Waals surface area contributed by atoms with E-state index in [0.717, 1.165) is 0 Å². The zero-order valence-electron chi connectivity index (χ0n) is 9.11. The van der Waals surface area contributed by atoms with E-state index in [1.165, 1.54) is 25.1 Å². The number of nitrogens with one attached hydrogen (secondary N) is 1. The molecule has 1 unspecified atom stereocenters. The van der Waals surface area contributed by atoms with Gasteiger partial charge >= 0.3 is 5.97 Å². The quantitative estimate of drug-likeness (QED) is 0.763. The first-order chi connectivity index (χ1) is 7.91. The lowest BCUT2D eigenvalue weighted by molar-refractivity contribution is -0.140. The summed E-state index contributed by atoms with van der Waals surface area (Å²) in [4.78, 5) is 22.1. The number of aliphatic carboxylic acids is 1. The number of benzene rings is 1. The minimum absolute atomic E-state index is 0.0344. The summed E-state index contributed by atoms with van der Waals surface area (Å²) in [7, 11) is 0. The van der Waals surface area contributed by atoms with Crippen molar-refractivity contribution in [2.45, 2.75) is 6.92 Å². The summed E-state index contributed by atoms with van der Waals surface area (Å²) >= 11 is 5.65. The van der Waals surface area contributed by atoms with Gasteiger partial charge in [0.15, 0.2) is 0 Å². The van der Waals surface area contributed by atoms with Crippen molar-refractivity contribution in [1.82, 2.24) is 5.32 Å². The van der Waals surface area contributed by atoms with Gasteiger partial charge in [0.25, 0.3) is 5.91 Å². The molecule has 0 aliphatic rings. The minimum atomic E-state index is -0.978. The summed E-state index contributed by atoms with van der Waals surface area (Å²) in [6.45, 7) is 1.53. The molecule has 1 rings (SSSR count). The van der Waals surface area contributed by atoms with Gasteiger partial charge in [-0.3, -0.25) is 9.59 Å². The van der Waals surface area contributed by atoms with Gasteiger partial charge in [0.05, 0.1) is 10.9 Å². The Balaban J connectivity index is 2.64. The van der Waals surface area contributed by atoms with Crippen LogP contribution in [0.2, 0.25) is 5.02 Å². The van der Waals surface area contributed by atoms with Crippen LogP contribution in [0.3, 0.4) is 0 Å². The second-order valence-corrected chi connectivity index (χ2v) is 4.02. The van der Waals surface area contributed by atoms with Crippen molar-refractivity contribution in [3.05, 3.63) is 28.8 Å². The molecule has 0 saturated carbocycles. The van der Waals surface area contributed by atoms with Gasteiger partial charge in [0.2, 0.25) is 0 Å². The number of rotatable bonds is 4. The Labute approximate surface area is 103 Å². The number of halogens is 1. The first-order valence-corrected chi connectivity index (χ1v) is 5.29. The predicted octanol–water partition coefficient (Wildman–Crippen LogP) is 1.50. The normalized spacial score (nSPS) is 11.9. The Kier molecular flexibility index (Phi) is 4.34. The molecule has 1 aromatic rings. The third-order valence-corrected chi connectivity index (χ3v) is 2.50. The Hall–Kier alpha value is -1.75. The van der Waals surface area contributed by atoms with Crippen molar-refractivity contribution in [3.8, 4) is 5.75 Å². The molecule has 0 bridgehead atoms. The number of phenolic OH excluding ortho intramolecular Hbond substituents is 1. The molecule has 17 heavy (non-hydrogen) atoms. The number of carbonyl (C=O) groups excluding carboxylic acids is 1. The molecule has 0 radical (unpaired) electrons. The van der Waals surface area contributed by atoms with Crippen LogP contribution in [0.5, 0.6) is 5.75 Å². The van der Waals surface area contributed by atoms with Crippen LogP contribution in [-0.4, -0.2) is 28.6 Å². The van der Waals surface area contributed by atoms with E-state index in [4.69, 9.17) is 16.7 Å².